The van der Waals surface area contributed by atoms with Crippen molar-refractivity contribution in [2.45, 2.75) is 54.4 Å². The lowest BCUT2D eigenvalue weighted by molar-refractivity contribution is 0.351. The first-order valence-corrected chi connectivity index (χ1v) is 10.9. The SMILES string of the molecule is C=C(C)/C(=C(\N=C(C)c1c(C)cccc1C)c1c(F)cccc1F)N(CCC)CCC. The molecule has 2 nitrogen and oxygen atoms in total. The molecule has 0 heterocycles. The average molecular weight is 425 g/mol. The molecule has 0 radical (unpaired) electrons. The molecule has 2 rings (SSSR count). The molecule has 0 atom stereocenters. The fourth-order valence-corrected chi connectivity index (χ4v) is 4.06. The van der Waals surface area contributed by atoms with Gasteiger partial charge in [0.25, 0.3) is 0 Å². The first-order valence-electron chi connectivity index (χ1n) is 10.9. The van der Waals surface area contributed by atoms with Crippen LogP contribution in [0.25, 0.3) is 5.70 Å². The Morgan fingerprint density at radius 2 is 1.35 bits per heavy atom. The standard InChI is InChI=1S/C27H34F2N2/c1-8-16-31(17-9-2)27(18(3)4)26(25-22(28)14-11-15-23(25)29)30-21(7)24-19(5)12-10-13-20(24)6/h10-15H,3,8-9,16-17H2,1-2,4-7H3/b27-26+,30-21?. The van der Waals surface area contributed by atoms with E-state index in [9.17, 15) is 8.78 Å². The van der Waals surface area contributed by atoms with E-state index in [0.717, 1.165) is 53.9 Å². The number of aliphatic imine (C=N–C) groups is 1. The van der Waals surface area contributed by atoms with E-state index >= 15 is 0 Å². The predicted molar refractivity (Wildman–Crippen MR) is 128 cm³/mol. The zero-order valence-electron chi connectivity index (χ0n) is 19.6. The van der Waals surface area contributed by atoms with E-state index in [1.165, 1.54) is 18.2 Å². The Bertz CT molecular complexity index is 956. The van der Waals surface area contributed by atoms with Crippen LogP contribution < -0.4 is 0 Å². The van der Waals surface area contributed by atoms with Crippen molar-refractivity contribution in [1.29, 1.82) is 0 Å². The third-order valence-electron chi connectivity index (χ3n) is 5.25. The normalized spacial score (nSPS) is 12.6. The van der Waals surface area contributed by atoms with Crippen LogP contribution >= 0.6 is 0 Å². The van der Waals surface area contributed by atoms with E-state index in [-0.39, 0.29) is 5.56 Å². The van der Waals surface area contributed by atoms with Crippen LogP contribution in [-0.4, -0.2) is 23.7 Å². The van der Waals surface area contributed by atoms with Gasteiger partial charge < -0.3 is 4.90 Å². The molecule has 0 aromatic heterocycles. The first kappa shape index (κ1) is 24.5. The van der Waals surface area contributed by atoms with Crippen molar-refractivity contribution in [3.63, 3.8) is 0 Å². The van der Waals surface area contributed by atoms with Gasteiger partial charge in [-0.3, -0.25) is 4.99 Å². The molecule has 0 unspecified atom stereocenters. The molecule has 0 spiro atoms. The third kappa shape index (κ3) is 5.69. The van der Waals surface area contributed by atoms with Crippen molar-refractivity contribution in [3.05, 3.63) is 88.1 Å². The Morgan fingerprint density at radius 1 is 0.871 bits per heavy atom. The molecular formula is C27H34F2N2. The summed E-state index contributed by atoms with van der Waals surface area (Å²) in [5.41, 5.74) is 5.48. The van der Waals surface area contributed by atoms with Crippen LogP contribution in [0.4, 0.5) is 8.78 Å². The van der Waals surface area contributed by atoms with Gasteiger partial charge in [0, 0.05) is 24.4 Å². The molecule has 2 aromatic rings. The van der Waals surface area contributed by atoms with E-state index in [2.05, 4.69) is 25.3 Å². The molecule has 31 heavy (non-hydrogen) atoms. The van der Waals surface area contributed by atoms with Crippen LogP contribution in [0.5, 0.6) is 0 Å². The minimum Gasteiger partial charge on any atom is -0.370 e. The van der Waals surface area contributed by atoms with Crippen LogP contribution in [0.2, 0.25) is 0 Å². The monoisotopic (exact) mass is 424 g/mol. The number of nitrogens with zero attached hydrogens (tertiary/aromatic N) is 2. The van der Waals surface area contributed by atoms with E-state index in [4.69, 9.17) is 4.99 Å². The van der Waals surface area contributed by atoms with Crippen LogP contribution in [0, 0.1) is 25.5 Å². The molecule has 0 amide bonds. The van der Waals surface area contributed by atoms with Gasteiger partial charge in [0.1, 0.15) is 11.6 Å². The van der Waals surface area contributed by atoms with Crippen LogP contribution in [0.1, 0.15) is 62.8 Å². The molecule has 0 N–H and O–H groups in total. The van der Waals surface area contributed by atoms with Gasteiger partial charge in [-0.2, -0.15) is 0 Å². The summed E-state index contributed by atoms with van der Waals surface area (Å²) in [7, 11) is 0. The van der Waals surface area contributed by atoms with Crippen LogP contribution in [-0.2, 0) is 0 Å². The third-order valence-corrected chi connectivity index (χ3v) is 5.25. The van der Waals surface area contributed by atoms with Crippen molar-refractivity contribution in [2.24, 2.45) is 4.99 Å². The second-order valence-corrected chi connectivity index (χ2v) is 8.03. The Kier molecular flexibility index (Phi) is 8.73. The summed E-state index contributed by atoms with van der Waals surface area (Å²) in [5, 5.41) is 0. The topological polar surface area (TPSA) is 15.6 Å². The smallest absolute Gasteiger partial charge is 0.135 e. The van der Waals surface area contributed by atoms with Crippen LogP contribution in [0.3, 0.4) is 0 Å². The number of halogens is 2. The minimum atomic E-state index is -0.625. The fourth-order valence-electron chi connectivity index (χ4n) is 4.06. The molecule has 0 aliphatic carbocycles. The van der Waals surface area contributed by atoms with E-state index in [0.29, 0.717) is 11.4 Å². The second kappa shape index (κ2) is 11.0. The number of hydrogen-bond donors (Lipinski definition) is 0. The highest BCUT2D eigenvalue weighted by molar-refractivity contribution is 6.04. The number of allylic oxidation sites excluding steroid dienone is 1. The lowest BCUT2D eigenvalue weighted by Gasteiger charge is -2.29. The summed E-state index contributed by atoms with van der Waals surface area (Å²) in [6, 6.07) is 9.98. The first-order chi connectivity index (χ1) is 14.7. The fraction of sp³-hybridized carbons (Fsp3) is 0.370. The Labute approximate surface area is 186 Å². The Morgan fingerprint density at radius 3 is 1.81 bits per heavy atom. The van der Waals surface area contributed by atoms with E-state index < -0.39 is 11.6 Å². The Balaban J connectivity index is 2.91. The molecule has 2 aromatic carbocycles. The maximum Gasteiger partial charge on any atom is 0.135 e. The van der Waals surface area contributed by atoms with Gasteiger partial charge in [-0.15, -0.1) is 0 Å². The highest BCUT2D eigenvalue weighted by atomic mass is 19.1. The van der Waals surface area contributed by atoms with Crippen molar-refractivity contribution >= 4 is 11.4 Å². The molecule has 0 bridgehead atoms. The average Bonchev–Trinajstić information content (AvgIpc) is 2.67. The van der Waals surface area contributed by atoms with Crippen molar-refractivity contribution < 1.29 is 8.78 Å². The predicted octanol–water partition coefficient (Wildman–Crippen LogP) is 7.46. The zero-order valence-corrected chi connectivity index (χ0v) is 19.6. The van der Waals surface area contributed by atoms with Gasteiger partial charge in [-0.05, 0) is 69.4 Å². The second-order valence-electron chi connectivity index (χ2n) is 8.03. The zero-order chi connectivity index (χ0) is 23.1. The van der Waals surface area contributed by atoms with Gasteiger partial charge in [-0.1, -0.05) is 44.7 Å². The van der Waals surface area contributed by atoms with Crippen molar-refractivity contribution in [3.8, 4) is 0 Å². The van der Waals surface area contributed by atoms with E-state index in [1.54, 1.807) is 0 Å². The highest BCUT2D eigenvalue weighted by Crippen LogP contribution is 2.32. The molecule has 0 saturated carbocycles. The molecular weight excluding hydrogens is 390 g/mol. The largest absolute Gasteiger partial charge is 0.370 e. The summed E-state index contributed by atoms with van der Waals surface area (Å²) in [4.78, 5) is 7.02. The number of benzene rings is 2. The van der Waals surface area contributed by atoms with Gasteiger partial charge in [0.05, 0.1) is 17.0 Å². The maximum absolute atomic E-state index is 15.0. The lowest BCUT2D eigenvalue weighted by atomic mass is 9.98. The number of rotatable bonds is 9. The lowest BCUT2D eigenvalue weighted by Crippen LogP contribution is -2.27. The summed E-state index contributed by atoms with van der Waals surface area (Å²) < 4.78 is 30.0. The summed E-state index contributed by atoms with van der Waals surface area (Å²) in [6.45, 7) is 17.7. The molecule has 166 valence electrons. The summed E-state index contributed by atoms with van der Waals surface area (Å²) in [6.07, 6.45) is 1.81. The molecule has 0 fully saturated rings. The molecule has 0 saturated heterocycles. The van der Waals surface area contributed by atoms with Crippen LogP contribution in [0.15, 0.2) is 59.2 Å². The quantitative estimate of drug-likeness (QED) is 0.301. The molecule has 0 aliphatic rings. The number of aryl methyl sites for hydroxylation is 2. The summed E-state index contributed by atoms with van der Waals surface area (Å²) >= 11 is 0. The molecule has 4 heteroatoms. The molecule has 0 aliphatic heterocycles. The number of hydrogen-bond acceptors (Lipinski definition) is 2. The van der Waals surface area contributed by atoms with Gasteiger partial charge >= 0.3 is 0 Å². The van der Waals surface area contributed by atoms with E-state index in [1.807, 2.05) is 45.9 Å². The van der Waals surface area contributed by atoms with Crippen molar-refractivity contribution in [1.82, 2.24) is 4.90 Å². The van der Waals surface area contributed by atoms with Gasteiger partial charge in [-0.25, -0.2) is 8.78 Å². The summed E-state index contributed by atoms with van der Waals surface area (Å²) in [5.74, 6) is -1.25. The Hall–Kier alpha value is -2.75. The highest BCUT2D eigenvalue weighted by Gasteiger charge is 2.22. The van der Waals surface area contributed by atoms with Gasteiger partial charge in [0.2, 0.25) is 0 Å². The van der Waals surface area contributed by atoms with Gasteiger partial charge in [0.15, 0.2) is 0 Å². The maximum atomic E-state index is 15.0. The van der Waals surface area contributed by atoms with Crippen molar-refractivity contribution in [2.75, 3.05) is 13.1 Å². The minimum absolute atomic E-state index is 0.108.